The van der Waals surface area contributed by atoms with Crippen molar-refractivity contribution >= 4 is 23.2 Å². The average Bonchev–Trinajstić information content (AvgIpc) is 3.09. The summed E-state index contributed by atoms with van der Waals surface area (Å²) >= 11 is 5.85. The third-order valence-corrected chi connectivity index (χ3v) is 4.38. The van der Waals surface area contributed by atoms with E-state index in [-0.39, 0.29) is 12.0 Å². The predicted molar refractivity (Wildman–Crippen MR) is 95.3 cm³/mol. The summed E-state index contributed by atoms with van der Waals surface area (Å²) in [6.45, 7) is 0. The zero-order valence-electron chi connectivity index (χ0n) is 13.5. The summed E-state index contributed by atoms with van der Waals surface area (Å²) in [6.07, 6.45) is 4.73. The minimum atomic E-state index is -0.191. The Bertz CT molecular complexity index is 709. The molecule has 0 atom stereocenters. The molecule has 1 N–H and O–H groups in total. The van der Waals surface area contributed by atoms with Crippen LogP contribution in [0.2, 0.25) is 5.02 Å². The third-order valence-electron chi connectivity index (χ3n) is 4.12. The van der Waals surface area contributed by atoms with Crippen molar-refractivity contribution < 1.29 is 14.3 Å². The molecule has 5 heteroatoms. The summed E-state index contributed by atoms with van der Waals surface area (Å²) in [5.41, 5.74) is 1.22. The van der Waals surface area contributed by atoms with Gasteiger partial charge < -0.3 is 14.8 Å². The second-order valence-corrected chi connectivity index (χ2v) is 6.29. The van der Waals surface area contributed by atoms with Crippen LogP contribution in [0.25, 0.3) is 0 Å². The number of rotatable bonds is 5. The van der Waals surface area contributed by atoms with Crippen LogP contribution in [0, 0.1) is 0 Å². The van der Waals surface area contributed by atoms with Crippen LogP contribution in [0.5, 0.6) is 11.5 Å². The Morgan fingerprint density at radius 1 is 1.08 bits per heavy atom. The van der Waals surface area contributed by atoms with Crippen LogP contribution in [0.4, 0.5) is 5.69 Å². The van der Waals surface area contributed by atoms with Crippen LogP contribution < -0.4 is 14.8 Å². The molecule has 1 amide bonds. The van der Waals surface area contributed by atoms with E-state index in [1.807, 2.05) is 12.1 Å². The van der Waals surface area contributed by atoms with Gasteiger partial charge in [0.25, 0.3) is 5.91 Å². The minimum Gasteiger partial charge on any atom is -0.493 e. The van der Waals surface area contributed by atoms with Gasteiger partial charge in [0.1, 0.15) is 0 Å². The molecule has 0 aliphatic heterocycles. The van der Waals surface area contributed by atoms with E-state index in [0.717, 1.165) is 12.8 Å². The maximum Gasteiger partial charge on any atom is 0.255 e. The van der Waals surface area contributed by atoms with Gasteiger partial charge in [-0.2, -0.15) is 0 Å². The van der Waals surface area contributed by atoms with Crippen molar-refractivity contribution in [2.24, 2.45) is 0 Å². The molecule has 0 heterocycles. The van der Waals surface area contributed by atoms with Gasteiger partial charge in [-0.1, -0.05) is 11.6 Å². The van der Waals surface area contributed by atoms with Crippen molar-refractivity contribution in [3.05, 3.63) is 53.1 Å². The van der Waals surface area contributed by atoms with Crippen molar-refractivity contribution in [3.63, 3.8) is 0 Å². The molecule has 0 unspecified atom stereocenters. The number of hydrogen-bond donors (Lipinski definition) is 1. The quantitative estimate of drug-likeness (QED) is 0.836. The lowest BCUT2D eigenvalue weighted by molar-refractivity contribution is 0.102. The van der Waals surface area contributed by atoms with Crippen LogP contribution >= 0.6 is 11.6 Å². The van der Waals surface area contributed by atoms with E-state index < -0.39 is 0 Å². The Morgan fingerprint density at radius 2 is 1.79 bits per heavy atom. The number of nitrogens with one attached hydrogen (secondary N) is 1. The van der Waals surface area contributed by atoms with Gasteiger partial charge in [0.05, 0.1) is 13.2 Å². The highest BCUT2D eigenvalue weighted by Gasteiger charge is 2.19. The lowest BCUT2D eigenvalue weighted by Gasteiger charge is -2.17. The molecular weight excluding hydrogens is 326 g/mol. The van der Waals surface area contributed by atoms with Gasteiger partial charge in [-0.25, -0.2) is 0 Å². The van der Waals surface area contributed by atoms with Crippen molar-refractivity contribution in [2.45, 2.75) is 31.8 Å². The normalized spacial score (nSPS) is 14.4. The standard InChI is InChI=1S/C19H20ClNO3/c1-23-17-11-10-15(12-18(17)24-16-4-2-3-5-16)21-19(22)13-6-8-14(20)9-7-13/h6-12,16H,2-5H2,1H3,(H,21,22). The van der Waals surface area contributed by atoms with Crippen LogP contribution in [0.1, 0.15) is 36.0 Å². The lowest BCUT2D eigenvalue weighted by Crippen LogP contribution is -2.14. The minimum absolute atomic E-state index is 0.191. The zero-order chi connectivity index (χ0) is 16.9. The number of hydrogen-bond acceptors (Lipinski definition) is 3. The van der Waals surface area contributed by atoms with Crippen molar-refractivity contribution in [1.82, 2.24) is 0 Å². The molecule has 0 aromatic heterocycles. The maximum absolute atomic E-state index is 12.3. The Kier molecular flexibility index (Phi) is 5.26. The van der Waals surface area contributed by atoms with Gasteiger partial charge in [-0.3, -0.25) is 4.79 Å². The summed E-state index contributed by atoms with van der Waals surface area (Å²) < 4.78 is 11.4. The van der Waals surface area contributed by atoms with E-state index in [2.05, 4.69) is 5.32 Å². The molecule has 4 nitrogen and oxygen atoms in total. The van der Waals surface area contributed by atoms with E-state index in [9.17, 15) is 4.79 Å². The number of anilines is 1. The third kappa shape index (κ3) is 4.01. The molecule has 24 heavy (non-hydrogen) atoms. The van der Waals surface area contributed by atoms with Gasteiger partial charge in [0.2, 0.25) is 0 Å². The van der Waals surface area contributed by atoms with Crippen LogP contribution in [-0.4, -0.2) is 19.1 Å². The van der Waals surface area contributed by atoms with Gasteiger partial charge in [0, 0.05) is 22.3 Å². The molecule has 1 aliphatic rings. The smallest absolute Gasteiger partial charge is 0.255 e. The molecule has 2 aromatic carbocycles. The predicted octanol–water partition coefficient (Wildman–Crippen LogP) is 4.92. The molecule has 2 aromatic rings. The Balaban J connectivity index is 1.75. The van der Waals surface area contributed by atoms with Gasteiger partial charge in [-0.05, 0) is 62.1 Å². The van der Waals surface area contributed by atoms with Crippen LogP contribution in [-0.2, 0) is 0 Å². The summed E-state index contributed by atoms with van der Waals surface area (Å²) in [7, 11) is 1.61. The van der Waals surface area contributed by atoms with Crippen molar-refractivity contribution in [2.75, 3.05) is 12.4 Å². The molecular formula is C19H20ClNO3. The Labute approximate surface area is 146 Å². The molecule has 0 radical (unpaired) electrons. The van der Waals surface area contributed by atoms with E-state index in [1.165, 1.54) is 12.8 Å². The molecule has 0 spiro atoms. The summed E-state index contributed by atoms with van der Waals surface area (Å²) in [4.78, 5) is 12.3. The fraction of sp³-hybridized carbons (Fsp3) is 0.316. The van der Waals surface area contributed by atoms with Crippen molar-refractivity contribution in [1.29, 1.82) is 0 Å². The van der Waals surface area contributed by atoms with E-state index in [4.69, 9.17) is 21.1 Å². The summed E-state index contributed by atoms with van der Waals surface area (Å²) in [5, 5.41) is 3.48. The highest BCUT2D eigenvalue weighted by molar-refractivity contribution is 6.30. The number of halogens is 1. The van der Waals surface area contributed by atoms with Gasteiger partial charge in [-0.15, -0.1) is 0 Å². The molecule has 3 rings (SSSR count). The maximum atomic E-state index is 12.3. The fourth-order valence-electron chi connectivity index (χ4n) is 2.84. The average molecular weight is 346 g/mol. The van der Waals surface area contributed by atoms with Crippen molar-refractivity contribution in [3.8, 4) is 11.5 Å². The first-order valence-electron chi connectivity index (χ1n) is 8.07. The molecule has 0 saturated heterocycles. The number of carbonyl (C=O) groups is 1. The number of amides is 1. The van der Waals surface area contributed by atoms with Gasteiger partial charge in [0.15, 0.2) is 11.5 Å². The molecule has 0 bridgehead atoms. The largest absolute Gasteiger partial charge is 0.493 e. The summed E-state index contributed by atoms with van der Waals surface area (Å²) in [5.74, 6) is 1.15. The Morgan fingerprint density at radius 3 is 2.46 bits per heavy atom. The number of ether oxygens (including phenoxy) is 2. The first-order chi connectivity index (χ1) is 11.7. The fourth-order valence-corrected chi connectivity index (χ4v) is 2.96. The second-order valence-electron chi connectivity index (χ2n) is 5.85. The Hall–Kier alpha value is -2.20. The highest BCUT2D eigenvalue weighted by atomic mass is 35.5. The molecule has 126 valence electrons. The number of benzene rings is 2. The van der Waals surface area contributed by atoms with E-state index in [1.54, 1.807) is 37.4 Å². The highest BCUT2D eigenvalue weighted by Crippen LogP contribution is 2.34. The number of carbonyl (C=O) groups excluding carboxylic acids is 1. The lowest BCUT2D eigenvalue weighted by atomic mass is 10.2. The first-order valence-corrected chi connectivity index (χ1v) is 8.45. The molecule has 1 fully saturated rings. The first kappa shape index (κ1) is 16.7. The number of methoxy groups -OCH3 is 1. The second kappa shape index (κ2) is 7.58. The van der Waals surface area contributed by atoms with E-state index in [0.29, 0.717) is 27.8 Å². The SMILES string of the molecule is COc1ccc(NC(=O)c2ccc(Cl)cc2)cc1OC1CCCC1. The van der Waals surface area contributed by atoms with Gasteiger partial charge >= 0.3 is 0 Å². The molecule has 1 saturated carbocycles. The monoisotopic (exact) mass is 345 g/mol. The van der Waals surface area contributed by atoms with Crippen LogP contribution in [0.3, 0.4) is 0 Å². The zero-order valence-corrected chi connectivity index (χ0v) is 14.3. The van der Waals surface area contributed by atoms with E-state index >= 15 is 0 Å². The topological polar surface area (TPSA) is 47.6 Å². The van der Waals surface area contributed by atoms with Crippen LogP contribution in [0.15, 0.2) is 42.5 Å². The molecule has 1 aliphatic carbocycles. The summed E-state index contributed by atoms with van der Waals surface area (Å²) in [6, 6.07) is 12.2.